The molecule has 1 aliphatic heterocycles. The minimum atomic E-state index is -0.487. The van der Waals surface area contributed by atoms with Crippen LogP contribution in [0.1, 0.15) is 26.5 Å². The third-order valence-electron chi connectivity index (χ3n) is 3.84. The Morgan fingerprint density at radius 2 is 1.93 bits per heavy atom. The Morgan fingerprint density at radius 1 is 1.26 bits per heavy atom. The molecule has 2 rings (SSSR count). The Hall–Kier alpha value is -1.56. The maximum absolute atomic E-state index is 11.6. The van der Waals surface area contributed by atoms with Gasteiger partial charge in [-0.15, -0.1) is 24.0 Å². The molecule has 0 aliphatic carbocycles. The van der Waals surface area contributed by atoms with Crippen molar-refractivity contribution in [1.82, 2.24) is 25.6 Å². The summed E-state index contributed by atoms with van der Waals surface area (Å²) in [6.45, 7) is 11.0. The molecule has 0 spiro atoms. The lowest BCUT2D eigenvalue weighted by atomic mass is 10.2. The summed E-state index contributed by atoms with van der Waals surface area (Å²) in [6.07, 6.45) is 1.19. The number of carbonyl (C=O) groups is 1. The molecule has 1 fully saturated rings. The summed E-state index contributed by atoms with van der Waals surface area (Å²) in [7, 11) is 1.77. The van der Waals surface area contributed by atoms with Crippen LogP contribution in [-0.2, 0) is 11.3 Å². The molecule has 1 amide bonds. The molecular formula is C17H31IN6O3. The number of guanidine groups is 1. The van der Waals surface area contributed by atoms with Crippen molar-refractivity contribution < 1.29 is 14.1 Å². The van der Waals surface area contributed by atoms with Crippen LogP contribution in [0.2, 0.25) is 0 Å². The number of halogens is 1. The normalized spacial score (nSPS) is 15.9. The highest BCUT2D eigenvalue weighted by Crippen LogP contribution is 2.07. The molecule has 27 heavy (non-hydrogen) atoms. The topological polar surface area (TPSA) is 95.2 Å². The Kier molecular flexibility index (Phi) is 9.84. The van der Waals surface area contributed by atoms with Crippen LogP contribution in [0.5, 0.6) is 0 Å². The molecule has 0 unspecified atom stereocenters. The van der Waals surface area contributed by atoms with Crippen molar-refractivity contribution in [2.75, 3.05) is 46.3 Å². The van der Waals surface area contributed by atoms with E-state index in [0.29, 0.717) is 13.1 Å². The predicted octanol–water partition coefficient (Wildman–Crippen LogP) is 1.51. The first-order valence-electron chi connectivity index (χ1n) is 8.91. The van der Waals surface area contributed by atoms with Crippen molar-refractivity contribution in [3.05, 3.63) is 18.0 Å². The number of aliphatic imine (C=N–C) groups is 1. The van der Waals surface area contributed by atoms with Crippen LogP contribution in [0.3, 0.4) is 0 Å². The van der Waals surface area contributed by atoms with E-state index >= 15 is 0 Å². The molecule has 1 aromatic heterocycles. The molecule has 0 radical (unpaired) electrons. The largest absolute Gasteiger partial charge is 0.444 e. The third-order valence-corrected chi connectivity index (χ3v) is 3.84. The van der Waals surface area contributed by atoms with Gasteiger partial charge < -0.3 is 24.8 Å². The van der Waals surface area contributed by atoms with Gasteiger partial charge >= 0.3 is 6.09 Å². The van der Waals surface area contributed by atoms with Crippen LogP contribution >= 0.6 is 24.0 Å². The number of nitrogens with zero attached hydrogens (tertiary/aromatic N) is 4. The van der Waals surface area contributed by atoms with Gasteiger partial charge in [0.05, 0.1) is 5.69 Å². The number of ether oxygens (including phenoxy) is 1. The molecule has 9 nitrogen and oxygen atoms in total. The van der Waals surface area contributed by atoms with Crippen molar-refractivity contribution in [1.29, 1.82) is 0 Å². The first-order chi connectivity index (χ1) is 12.4. The molecule has 154 valence electrons. The smallest absolute Gasteiger partial charge is 0.407 e. The first kappa shape index (κ1) is 23.5. The first-order valence-corrected chi connectivity index (χ1v) is 8.91. The van der Waals surface area contributed by atoms with Crippen LogP contribution < -0.4 is 10.6 Å². The number of carbonyl (C=O) groups excluding carboxylic acids is 1. The maximum atomic E-state index is 11.6. The van der Waals surface area contributed by atoms with Gasteiger partial charge in [-0.3, -0.25) is 9.89 Å². The number of piperazine rings is 1. The molecule has 0 bridgehead atoms. The standard InChI is InChI=1S/C17H30N6O3.HI/c1-17(2,3)26-16(24)20-7-6-19-15(18-4)23-10-8-22(9-11-23)13-14-5-12-25-21-14;/h5,12H,6-11,13H2,1-4H3,(H,18,19)(H,20,24);1H. The minimum absolute atomic E-state index is 0. The molecule has 0 aromatic carbocycles. The van der Waals surface area contributed by atoms with Crippen LogP contribution in [0.4, 0.5) is 4.79 Å². The van der Waals surface area contributed by atoms with E-state index < -0.39 is 11.7 Å². The van der Waals surface area contributed by atoms with Gasteiger partial charge in [0.25, 0.3) is 0 Å². The van der Waals surface area contributed by atoms with Crippen molar-refractivity contribution >= 4 is 36.0 Å². The van der Waals surface area contributed by atoms with Gasteiger partial charge in [0.2, 0.25) is 0 Å². The van der Waals surface area contributed by atoms with Crippen LogP contribution in [-0.4, -0.2) is 78.9 Å². The van der Waals surface area contributed by atoms with E-state index in [1.807, 2.05) is 26.8 Å². The molecule has 10 heteroatoms. The minimum Gasteiger partial charge on any atom is -0.444 e. The second-order valence-corrected chi connectivity index (χ2v) is 7.16. The molecule has 1 aliphatic rings. The fourth-order valence-electron chi connectivity index (χ4n) is 2.65. The van der Waals surface area contributed by atoms with E-state index in [1.165, 1.54) is 0 Å². The van der Waals surface area contributed by atoms with Gasteiger partial charge in [-0.2, -0.15) is 0 Å². The van der Waals surface area contributed by atoms with E-state index in [0.717, 1.165) is 44.4 Å². The highest BCUT2D eigenvalue weighted by molar-refractivity contribution is 14.0. The second kappa shape index (κ2) is 11.3. The summed E-state index contributed by atoms with van der Waals surface area (Å²) < 4.78 is 10.1. The zero-order valence-corrected chi connectivity index (χ0v) is 18.9. The van der Waals surface area contributed by atoms with E-state index in [1.54, 1.807) is 13.3 Å². The molecule has 2 N–H and O–H groups in total. The van der Waals surface area contributed by atoms with Gasteiger partial charge in [-0.25, -0.2) is 4.79 Å². The highest BCUT2D eigenvalue weighted by atomic mass is 127. The SMILES string of the molecule is CN=C(NCCNC(=O)OC(C)(C)C)N1CCN(Cc2ccon2)CC1.I. The molecule has 0 atom stereocenters. The fraction of sp³-hybridized carbons (Fsp3) is 0.706. The lowest BCUT2D eigenvalue weighted by Gasteiger charge is -2.36. The van der Waals surface area contributed by atoms with Crippen LogP contribution in [0.15, 0.2) is 21.8 Å². The number of nitrogens with one attached hydrogen (secondary N) is 2. The van der Waals surface area contributed by atoms with E-state index in [-0.39, 0.29) is 24.0 Å². The third kappa shape index (κ3) is 8.78. The second-order valence-electron chi connectivity index (χ2n) is 7.16. The summed E-state index contributed by atoms with van der Waals surface area (Å²) in [5.74, 6) is 0.845. The van der Waals surface area contributed by atoms with Crippen molar-refractivity contribution in [3.63, 3.8) is 0 Å². The average molecular weight is 494 g/mol. The molecule has 1 aromatic rings. The lowest BCUT2D eigenvalue weighted by Crippen LogP contribution is -2.53. The zero-order valence-electron chi connectivity index (χ0n) is 16.5. The fourth-order valence-corrected chi connectivity index (χ4v) is 2.65. The number of alkyl carbamates (subject to hydrolysis) is 1. The number of aromatic nitrogens is 1. The van der Waals surface area contributed by atoms with E-state index in [9.17, 15) is 4.79 Å². The maximum Gasteiger partial charge on any atom is 0.407 e. The van der Waals surface area contributed by atoms with Crippen molar-refractivity contribution in [2.45, 2.75) is 32.9 Å². The van der Waals surface area contributed by atoms with E-state index in [4.69, 9.17) is 9.26 Å². The van der Waals surface area contributed by atoms with Gasteiger partial charge in [0.1, 0.15) is 11.9 Å². The summed E-state index contributed by atoms with van der Waals surface area (Å²) in [5, 5.41) is 9.97. The van der Waals surface area contributed by atoms with Gasteiger partial charge in [-0.05, 0) is 20.8 Å². The number of hydrogen-bond acceptors (Lipinski definition) is 6. The van der Waals surface area contributed by atoms with E-state index in [2.05, 4.69) is 30.6 Å². The number of hydrogen-bond donors (Lipinski definition) is 2. The summed E-state index contributed by atoms with van der Waals surface area (Å²) in [5.41, 5.74) is 0.466. The van der Waals surface area contributed by atoms with Crippen molar-refractivity contribution in [3.8, 4) is 0 Å². The lowest BCUT2D eigenvalue weighted by molar-refractivity contribution is 0.0528. The Balaban J connectivity index is 0.00000364. The molecule has 2 heterocycles. The number of amides is 1. The molecular weight excluding hydrogens is 463 g/mol. The summed E-state index contributed by atoms with van der Waals surface area (Å²) in [4.78, 5) is 20.5. The quantitative estimate of drug-likeness (QED) is 0.277. The van der Waals surface area contributed by atoms with Gasteiger partial charge in [-0.1, -0.05) is 5.16 Å². The van der Waals surface area contributed by atoms with Crippen molar-refractivity contribution in [2.24, 2.45) is 4.99 Å². The van der Waals surface area contributed by atoms with Gasteiger partial charge in [0, 0.05) is 58.9 Å². The highest BCUT2D eigenvalue weighted by Gasteiger charge is 2.20. The molecule has 0 saturated carbocycles. The van der Waals surface area contributed by atoms with Crippen LogP contribution in [0.25, 0.3) is 0 Å². The average Bonchev–Trinajstić information content (AvgIpc) is 3.07. The monoisotopic (exact) mass is 494 g/mol. The molecule has 1 saturated heterocycles. The summed E-state index contributed by atoms with van der Waals surface area (Å²) in [6, 6.07) is 1.89. The zero-order chi connectivity index (χ0) is 19.0. The van der Waals surface area contributed by atoms with Crippen LogP contribution in [0, 0.1) is 0 Å². The predicted molar refractivity (Wildman–Crippen MR) is 114 cm³/mol. The number of rotatable bonds is 5. The Morgan fingerprint density at radius 3 is 2.48 bits per heavy atom. The van der Waals surface area contributed by atoms with Gasteiger partial charge in [0.15, 0.2) is 5.96 Å². The summed E-state index contributed by atoms with van der Waals surface area (Å²) >= 11 is 0. The Bertz CT molecular complexity index is 580. The Labute approximate surface area is 177 Å².